The maximum atomic E-state index is 12.8. The highest BCUT2D eigenvalue weighted by Crippen LogP contribution is 2.32. The molecule has 0 aromatic heterocycles. The molecule has 1 amide bonds. The Morgan fingerprint density at radius 2 is 1.76 bits per heavy atom. The number of amides is 1. The first kappa shape index (κ1) is 25.2. The van der Waals surface area contributed by atoms with Crippen molar-refractivity contribution >= 4 is 62.3 Å². The number of carbonyl (C=O) groups excluding carboxylic acids is 1. The zero-order valence-corrected chi connectivity index (χ0v) is 21.1. The molecule has 0 bridgehead atoms. The highest BCUT2D eigenvalue weighted by atomic mass is 35.5. The minimum atomic E-state index is -3.74. The number of hydrogen-bond acceptors (Lipinski definition) is 5. The quantitative estimate of drug-likeness (QED) is 0.363. The number of benzene rings is 3. The predicted molar refractivity (Wildman–Crippen MR) is 136 cm³/mol. The summed E-state index contributed by atoms with van der Waals surface area (Å²) in [6.07, 6.45) is 1.04. The smallest absolute Gasteiger partial charge is 0.245 e. The zero-order chi connectivity index (χ0) is 24.0. The van der Waals surface area contributed by atoms with Gasteiger partial charge < -0.3 is 10.1 Å². The van der Waals surface area contributed by atoms with E-state index in [1.165, 1.54) is 19.2 Å². The second-order valence-electron chi connectivity index (χ2n) is 7.05. The van der Waals surface area contributed by atoms with Crippen molar-refractivity contribution in [3.05, 3.63) is 82.3 Å². The Kier molecular flexibility index (Phi) is 8.53. The summed E-state index contributed by atoms with van der Waals surface area (Å²) in [4.78, 5) is 13.7. The summed E-state index contributed by atoms with van der Waals surface area (Å²) in [7, 11) is -2.28. The Labute approximate surface area is 207 Å². The fourth-order valence-electron chi connectivity index (χ4n) is 2.97. The van der Waals surface area contributed by atoms with E-state index in [4.69, 9.17) is 27.9 Å². The molecule has 0 radical (unpaired) electrons. The van der Waals surface area contributed by atoms with E-state index in [2.05, 4.69) is 5.32 Å². The number of para-hydroxylation sites is 1. The van der Waals surface area contributed by atoms with Crippen LogP contribution in [0.4, 0.5) is 11.4 Å². The molecule has 1 N–H and O–H groups in total. The molecular formula is C23H22Cl2N2O4S2. The van der Waals surface area contributed by atoms with Gasteiger partial charge in [-0.25, -0.2) is 8.42 Å². The van der Waals surface area contributed by atoms with E-state index in [1.807, 2.05) is 36.4 Å². The van der Waals surface area contributed by atoms with Crippen molar-refractivity contribution in [1.29, 1.82) is 0 Å². The number of hydrogen-bond donors (Lipinski definition) is 1. The number of carbonyl (C=O) groups is 1. The molecule has 3 rings (SSSR count). The maximum absolute atomic E-state index is 12.8. The van der Waals surface area contributed by atoms with Crippen molar-refractivity contribution in [3.8, 4) is 5.75 Å². The fourth-order valence-corrected chi connectivity index (χ4v) is 5.16. The van der Waals surface area contributed by atoms with E-state index < -0.39 is 22.5 Å². The van der Waals surface area contributed by atoms with Crippen LogP contribution < -0.4 is 14.4 Å². The van der Waals surface area contributed by atoms with Gasteiger partial charge in [0, 0.05) is 15.7 Å². The average Bonchev–Trinajstić information content (AvgIpc) is 2.77. The molecule has 0 saturated heterocycles. The van der Waals surface area contributed by atoms with Gasteiger partial charge in [0.05, 0.1) is 29.8 Å². The molecule has 0 fully saturated rings. The molecule has 0 unspecified atom stereocenters. The normalized spacial score (nSPS) is 11.2. The summed E-state index contributed by atoms with van der Waals surface area (Å²) < 4.78 is 30.9. The summed E-state index contributed by atoms with van der Waals surface area (Å²) in [6, 6.07) is 19.4. The van der Waals surface area contributed by atoms with Crippen LogP contribution in [0.5, 0.6) is 5.75 Å². The van der Waals surface area contributed by atoms with Gasteiger partial charge in [0.15, 0.2) is 0 Å². The van der Waals surface area contributed by atoms with Crippen LogP contribution >= 0.6 is 35.0 Å². The number of rotatable bonds is 9. The lowest BCUT2D eigenvalue weighted by molar-refractivity contribution is -0.114. The molecule has 10 heteroatoms. The van der Waals surface area contributed by atoms with Crippen LogP contribution in [0.1, 0.15) is 5.56 Å². The molecule has 33 heavy (non-hydrogen) atoms. The zero-order valence-electron chi connectivity index (χ0n) is 17.9. The predicted octanol–water partition coefficient (Wildman–Crippen LogP) is 5.70. The number of sulfonamides is 1. The van der Waals surface area contributed by atoms with Crippen LogP contribution in [-0.2, 0) is 20.6 Å². The molecule has 0 heterocycles. The summed E-state index contributed by atoms with van der Waals surface area (Å²) in [5.41, 5.74) is 1.96. The van der Waals surface area contributed by atoms with Crippen molar-refractivity contribution in [2.24, 2.45) is 0 Å². The Hall–Kier alpha value is -2.39. The number of nitrogens with zero attached hydrogens (tertiary/aromatic N) is 1. The first-order chi connectivity index (χ1) is 15.7. The van der Waals surface area contributed by atoms with Crippen molar-refractivity contribution in [1.82, 2.24) is 0 Å². The number of anilines is 2. The van der Waals surface area contributed by atoms with Crippen molar-refractivity contribution < 1.29 is 17.9 Å². The molecule has 0 aliphatic heterocycles. The molecule has 6 nitrogen and oxygen atoms in total. The first-order valence-electron chi connectivity index (χ1n) is 9.75. The third-order valence-electron chi connectivity index (χ3n) is 4.58. The number of halogens is 2. The second-order valence-corrected chi connectivity index (χ2v) is 10.8. The summed E-state index contributed by atoms with van der Waals surface area (Å²) in [5, 5.41) is 3.74. The van der Waals surface area contributed by atoms with E-state index in [0.29, 0.717) is 22.2 Å². The summed E-state index contributed by atoms with van der Waals surface area (Å²) in [6.45, 7) is -0.405. The number of nitrogens with one attached hydrogen (secondary N) is 1. The SMILES string of the molecule is COc1ccc(N(CC(=O)Nc2ccccc2SCc2ccc(Cl)cc2)S(C)(=O)=O)cc1Cl. The third-order valence-corrected chi connectivity index (χ3v) is 7.41. The van der Waals surface area contributed by atoms with E-state index in [-0.39, 0.29) is 10.7 Å². The molecule has 0 aliphatic carbocycles. The van der Waals surface area contributed by atoms with E-state index >= 15 is 0 Å². The highest BCUT2D eigenvalue weighted by molar-refractivity contribution is 7.98. The Morgan fingerprint density at radius 1 is 1.06 bits per heavy atom. The lowest BCUT2D eigenvalue weighted by Gasteiger charge is -2.23. The average molecular weight is 525 g/mol. The van der Waals surface area contributed by atoms with Gasteiger partial charge >= 0.3 is 0 Å². The van der Waals surface area contributed by atoms with Crippen LogP contribution in [-0.4, -0.2) is 34.2 Å². The van der Waals surface area contributed by atoms with Gasteiger partial charge in [-0.3, -0.25) is 9.10 Å². The molecule has 0 aliphatic rings. The van der Waals surface area contributed by atoms with Gasteiger partial charge in [-0.15, -0.1) is 11.8 Å². The van der Waals surface area contributed by atoms with Gasteiger partial charge in [0.2, 0.25) is 15.9 Å². The number of thioether (sulfide) groups is 1. The van der Waals surface area contributed by atoms with Gasteiger partial charge in [0.25, 0.3) is 0 Å². The van der Waals surface area contributed by atoms with Crippen molar-refractivity contribution in [3.63, 3.8) is 0 Å². The van der Waals surface area contributed by atoms with Gasteiger partial charge in [-0.05, 0) is 48.0 Å². The lowest BCUT2D eigenvalue weighted by atomic mass is 10.2. The van der Waals surface area contributed by atoms with E-state index in [1.54, 1.807) is 30.0 Å². The minimum Gasteiger partial charge on any atom is -0.495 e. The summed E-state index contributed by atoms with van der Waals surface area (Å²) in [5.74, 6) is 0.612. The largest absolute Gasteiger partial charge is 0.495 e. The van der Waals surface area contributed by atoms with Crippen LogP contribution in [0.2, 0.25) is 10.0 Å². The van der Waals surface area contributed by atoms with Gasteiger partial charge in [-0.1, -0.05) is 47.5 Å². The number of methoxy groups -OCH3 is 1. The first-order valence-corrected chi connectivity index (χ1v) is 13.3. The number of ether oxygens (including phenoxy) is 1. The van der Waals surface area contributed by atoms with Gasteiger partial charge in [0.1, 0.15) is 12.3 Å². The van der Waals surface area contributed by atoms with Crippen LogP contribution in [0.15, 0.2) is 71.6 Å². The maximum Gasteiger partial charge on any atom is 0.245 e. The van der Waals surface area contributed by atoms with Crippen LogP contribution in [0.3, 0.4) is 0 Å². The van der Waals surface area contributed by atoms with Crippen molar-refractivity contribution in [2.75, 3.05) is 29.5 Å². The second kappa shape index (κ2) is 11.2. The minimum absolute atomic E-state index is 0.244. The molecule has 174 valence electrons. The topological polar surface area (TPSA) is 75.7 Å². The molecule has 0 atom stereocenters. The monoisotopic (exact) mass is 524 g/mol. The van der Waals surface area contributed by atoms with E-state index in [0.717, 1.165) is 21.0 Å². The molecule has 3 aromatic carbocycles. The lowest BCUT2D eigenvalue weighted by Crippen LogP contribution is -2.37. The third kappa shape index (κ3) is 7.04. The van der Waals surface area contributed by atoms with Crippen LogP contribution in [0, 0.1) is 0 Å². The van der Waals surface area contributed by atoms with Gasteiger partial charge in [-0.2, -0.15) is 0 Å². The van der Waals surface area contributed by atoms with Crippen molar-refractivity contribution in [2.45, 2.75) is 10.6 Å². The Balaban J connectivity index is 1.74. The molecular weight excluding hydrogens is 503 g/mol. The fraction of sp³-hybridized carbons (Fsp3) is 0.174. The molecule has 3 aromatic rings. The molecule has 0 spiro atoms. The Bertz CT molecular complexity index is 1240. The summed E-state index contributed by atoms with van der Waals surface area (Å²) >= 11 is 13.6. The Morgan fingerprint density at radius 3 is 2.39 bits per heavy atom. The van der Waals surface area contributed by atoms with E-state index in [9.17, 15) is 13.2 Å². The van der Waals surface area contributed by atoms with Crippen LogP contribution in [0.25, 0.3) is 0 Å². The standard InChI is InChI=1S/C23H22Cl2N2O4S2/c1-31-21-12-11-18(13-19(21)25)27(33(2,29)30)14-23(28)26-20-5-3-4-6-22(20)32-15-16-7-9-17(24)10-8-16/h3-13H,14-15H2,1-2H3,(H,26,28). The molecule has 0 saturated carbocycles. The highest BCUT2D eigenvalue weighted by Gasteiger charge is 2.22.